The molecule has 1 N–H and O–H groups in total. The number of fused-ring (bicyclic) bond motifs is 1. The predicted molar refractivity (Wildman–Crippen MR) is 124 cm³/mol. The lowest BCUT2D eigenvalue weighted by atomic mass is 10.0. The van der Waals surface area contributed by atoms with E-state index >= 15 is 0 Å². The molecular weight excluding hydrogens is 425 g/mol. The monoisotopic (exact) mass is 447 g/mol. The van der Waals surface area contributed by atoms with Crippen LogP contribution in [0.25, 0.3) is 21.3 Å². The van der Waals surface area contributed by atoms with E-state index in [1.165, 1.54) is 23.5 Å². The number of rotatable bonds is 5. The fourth-order valence-electron chi connectivity index (χ4n) is 4.18. The average Bonchev–Trinajstić information content (AvgIpc) is 3.33. The second-order valence-corrected chi connectivity index (χ2v) is 8.66. The number of hydrogen-bond acceptors (Lipinski definition) is 6. The fourth-order valence-corrected chi connectivity index (χ4v) is 4.97. The minimum Gasteiger partial charge on any atom is -0.367 e. The van der Waals surface area contributed by atoms with Crippen molar-refractivity contribution in [1.29, 1.82) is 0 Å². The second kappa shape index (κ2) is 9.00. The first-order valence-corrected chi connectivity index (χ1v) is 11.5. The maximum absolute atomic E-state index is 13.5. The summed E-state index contributed by atoms with van der Waals surface area (Å²) >= 11 is 1.40. The Morgan fingerprint density at radius 1 is 1.09 bits per heavy atom. The molecular formula is C24H22FN5OS. The summed E-state index contributed by atoms with van der Waals surface area (Å²) in [4.78, 5) is 29.3. The molecule has 5 rings (SSSR count). The van der Waals surface area contributed by atoms with Gasteiger partial charge in [-0.2, -0.15) is 0 Å². The highest BCUT2D eigenvalue weighted by atomic mass is 32.1. The van der Waals surface area contributed by atoms with E-state index < -0.39 is 0 Å². The first-order valence-electron chi connectivity index (χ1n) is 10.6. The lowest BCUT2D eigenvalue weighted by Crippen LogP contribution is -2.47. The number of aromatic nitrogens is 3. The first-order chi connectivity index (χ1) is 15.7. The molecule has 1 amide bonds. The first kappa shape index (κ1) is 20.5. The number of nitrogens with zero attached hydrogens (tertiary/aromatic N) is 4. The lowest BCUT2D eigenvalue weighted by Gasteiger charge is -2.35. The molecule has 0 aliphatic carbocycles. The van der Waals surface area contributed by atoms with Crippen LogP contribution < -0.4 is 5.32 Å². The van der Waals surface area contributed by atoms with Crippen LogP contribution in [0.15, 0.2) is 60.4 Å². The van der Waals surface area contributed by atoms with Crippen LogP contribution in [0, 0.1) is 5.82 Å². The molecule has 1 saturated heterocycles. The number of piperidine rings is 1. The second-order valence-electron chi connectivity index (χ2n) is 7.81. The number of carbonyl (C=O) groups is 1. The number of halogens is 1. The number of carbonyl (C=O) groups excluding carboxylic acids is 1. The predicted octanol–water partition coefficient (Wildman–Crippen LogP) is 5.00. The quantitative estimate of drug-likeness (QED) is 0.466. The van der Waals surface area contributed by atoms with Crippen LogP contribution in [-0.2, 0) is 0 Å². The topological polar surface area (TPSA) is 71.0 Å². The molecule has 0 spiro atoms. The molecule has 1 unspecified atom stereocenters. The molecule has 3 heterocycles. The van der Waals surface area contributed by atoms with Crippen molar-refractivity contribution >= 4 is 34.0 Å². The number of benzene rings is 2. The molecule has 2 aromatic heterocycles. The molecule has 4 aromatic rings. The summed E-state index contributed by atoms with van der Waals surface area (Å²) in [7, 11) is 0. The molecule has 8 heteroatoms. The number of likely N-dealkylation sites (tertiary alicyclic amines) is 1. The van der Waals surface area contributed by atoms with Crippen molar-refractivity contribution < 1.29 is 9.18 Å². The number of nitrogens with one attached hydrogen (secondary N) is 1. The van der Waals surface area contributed by atoms with Crippen LogP contribution in [0.1, 0.15) is 29.8 Å². The highest BCUT2D eigenvalue weighted by Crippen LogP contribution is 2.30. The number of hydrogen-bond donors (Lipinski definition) is 1. The van der Waals surface area contributed by atoms with E-state index in [2.05, 4.69) is 20.3 Å². The van der Waals surface area contributed by atoms with Crippen molar-refractivity contribution in [2.75, 3.05) is 18.4 Å². The molecule has 1 fully saturated rings. The van der Waals surface area contributed by atoms with Gasteiger partial charge in [0, 0.05) is 24.5 Å². The van der Waals surface area contributed by atoms with E-state index in [9.17, 15) is 9.18 Å². The molecule has 162 valence electrons. The summed E-state index contributed by atoms with van der Waals surface area (Å²) in [6.45, 7) is 1.29. The van der Waals surface area contributed by atoms with Crippen molar-refractivity contribution in [3.8, 4) is 10.4 Å². The van der Waals surface area contributed by atoms with Crippen LogP contribution in [0.5, 0.6) is 0 Å². The summed E-state index contributed by atoms with van der Waals surface area (Å²) in [5.41, 5.74) is 3.79. The number of amides is 1. The van der Waals surface area contributed by atoms with Gasteiger partial charge < -0.3 is 10.2 Å². The van der Waals surface area contributed by atoms with Gasteiger partial charge in [-0.3, -0.25) is 4.79 Å². The van der Waals surface area contributed by atoms with Gasteiger partial charge in [-0.15, -0.1) is 11.3 Å². The number of para-hydroxylation sites is 1. The van der Waals surface area contributed by atoms with Crippen LogP contribution in [0.4, 0.5) is 10.2 Å². The molecule has 1 atom stereocenters. The maximum Gasteiger partial charge on any atom is 0.274 e. The lowest BCUT2D eigenvalue weighted by molar-refractivity contribution is 0.0624. The van der Waals surface area contributed by atoms with Crippen LogP contribution in [0.3, 0.4) is 0 Å². The van der Waals surface area contributed by atoms with Crippen molar-refractivity contribution in [1.82, 2.24) is 19.9 Å². The van der Waals surface area contributed by atoms with Crippen molar-refractivity contribution in [2.45, 2.75) is 25.3 Å². The fraction of sp³-hybridized carbons (Fsp3) is 0.250. The molecule has 32 heavy (non-hydrogen) atoms. The van der Waals surface area contributed by atoms with Gasteiger partial charge in [0.1, 0.15) is 23.7 Å². The smallest absolute Gasteiger partial charge is 0.274 e. The van der Waals surface area contributed by atoms with E-state index in [0.29, 0.717) is 18.8 Å². The van der Waals surface area contributed by atoms with E-state index in [-0.39, 0.29) is 17.8 Å². The number of thiazole rings is 1. The van der Waals surface area contributed by atoms with Gasteiger partial charge in [0.25, 0.3) is 5.91 Å². The zero-order valence-electron chi connectivity index (χ0n) is 17.4. The van der Waals surface area contributed by atoms with Crippen LogP contribution >= 0.6 is 11.3 Å². The zero-order valence-corrected chi connectivity index (χ0v) is 18.2. The number of anilines is 1. The Kier molecular flexibility index (Phi) is 5.77. The average molecular weight is 448 g/mol. The van der Waals surface area contributed by atoms with Crippen LogP contribution in [0.2, 0.25) is 0 Å². The van der Waals surface area contributed by atoms with Gasteiger partial charge in [-0.25, -0.2) is 19.3 Å². The summed E-state index contributed by atoms with van der Waals surface area (Å²) in [6.07, 6.45) is 4.51. The van der Waals surface area contributed by atoms with Gasteiger partial charge in [0.2, 0.25) is 0 Å². The largest absolute Gasteiger partial charge is 0.367 e. The van der Waals surface area contributed by atoms with E-state index in [4.69, 9.17) is 0 Å². The minimum absolute atomic E-state index is 0.0349. The van der Waals surface area contributed by atoms with Crippen molar-refractivity contribution in [3.05, 3.63) is 71.9 Å². The maximum atomic E-state index is 13.5. The molecule has 1 aliphatic heterocycles. The Labute approximate surface area is 189 Å². The Hall–Kier alpha value is -3.39. The van der Waals surface area contributed by atoms with Crippen molar-refractivity contribution in [3.63, 3.8) is 0 Å². The van der Waals surface area contributed by atoms with E-state index in [0.717, 1.165) is 46.4 Å². The van der Waals surface area contributed by atoms with Crippen molar-refractivity contribution in [2.24, 2.45) is 0 Å². The third kappa shape index (κ3) is 4.05. The van der Waals surface area contributed by atoms with Gasteiger partial charge >= 0.3 is 0 Å². The third-order valence-corrected chi connectivity index (χ3v) is 6.69. The normalized spacial score (nSPS) is 16.3. The molecule has 0 saturated carbocycles. The molecule has 6 nitrogen and oxygen atoms in total. The summed E-state index contributed by atoms with van der Waals surface area (Å²) in [5, 5.41) is 4.40. The van der Waals surface area contributed by atoms with Gasteiger partial charge in [-0.05, 0) is 49.1 Å². The van der Waals surface area contributed by atoms with Gasteiger partial charge in [0.05, 0.1) is 15.9 Å². The zero-order chi connectivity index (χ0) is 21.9. The van der Waals surface area contributed by atoms with E-state index in [1.807, 2.05) is 29.2 Å². The summed E-state index contributed by atoms with van der Waals surface area (Å²) in [6, 6.07) is 14.1. The Bertz CT molecular complexity index is 1240. The SMILES string of the molecule is O=C(c1ncsc1-c1ccc(F)cc1)N1CCCCC1CNc1ncnc2ccccc12. The van der Waals surface area contributed by atoms with E-state index in [1.54, 1.807) is 24.0 Å². The highest BCUT2D eigenvalue weighted by molar-refractivity contribution is 7.13. The highest BCUT2D eigenvalue weighted by Gasteiger charge is 2.30. The minimum atomic E-state index is -0.300. The molecule has 1 aliphatic rings. The molecule has 2 aromatic carbocycles. The summed E-state index contributed by atoms with van der Waals surface area (Å²) in [5.74, 6) is 0.393. The Morgan fingerprint density at radius 2 is 1.94 bits per heavy atom. The Balaban J connectivity index is 1.36. The van der Waals surface area contributed by atoms with Gasteiger partial charge in [-0.1, -0.05) is 24.3 Å². The van der Waals surface area contributed by atoms with Gasteiger partial charge in [0.15, 0.2) is 0 Å². The summed E-state index contributed by atoms with van der Waals surface area (Å²) < 4.78 is 13.3. The molecule has 0 radical (unpaired) electrons. The molecule has 0 bridgehead atoms. The standard InChI is InChI=1S/C24H22FN5OS/c25-17-10-8-16(9-11-17)22-21(29-15-32-22)24(31)30-12-4-3-5-18(30)13-26-23-19-6-1-2-7-20(19)27-14-28-23/h1-2,6-11,14-15,18H,3-5,12-13H2,(H,26,27,28). The van der Waals surface area contributed by atoms with Crippen LogP contribution in [-0.4, -0.2) is 44.9 Å². The Morgan fingerprint density at radius 3 is 2.81 bits per heavy atom. The third-order valence-electron chi connectivity index (χ3n) is 5.81.